The Morgan fingerprint density at radius 2 is 1.08 bits per heavy atom. The molecule has 0 aromatic rings. The predicted octanol–water partition coefficient (Wildman–Crippen LogP) is 6.11. The van der Waals surface area contributed by atoms with Crippen molar-refractivity contribution < 1.29 is 31.1 Å². The van der Waals surface area contributed by atoms with Crippen LogP contribution in [0.1, 0.15) is 64.2 Å². The van der Waals surface area contributed by atoms with Gasteiger partial charge in [0, 0.05) is 0 Å². The second-order valence-corrected chi connectivity index (χ2v) is 8.35. The summed E-state index contributed by atoms with van der Waals surface area (Å²) >= 11 is 0. The summed E-state index contributed by atoms with van der Waals surface area (Å²) in [6, 6.07) is 0. The van der Waals surface area contributed by atoms with Gasteiger partial charge in [0.1, 0.15) is 30.6 Å². The van der Waals surface area contributed by atoms with Crippen LogP contribution in [0, 0.1) is 17.8 Å². The first-order valence-electron chi connectivity index (χ1n) is 9.88. The van der Waals surface area contributed by atoms with E-state index in [1.54, 1.807) is 0 Å². The lowest BCUT2D eigenvalue weighted by Crippen LogP contribution is -2.50. The smallest absolute Gasteiger partial charge is 0.317 e. The second-order valence-electron chi connectivity index (χ2n) is 8.35. The molecule has 2 atom stereocenters. The zero-order chi connectivity index (χ0) is 18.9. The average Bonchev–Trinajstić information content (AvgIpc) is 2.56. The molecular weight excluding hydrogens is 358 g/mol. The Hall–Kier alpha value is -0.460. The molecule has 0 radical (unpaired) electrons. The highest BCUT2D eigenvalue weighted by Crippen LogP contribution is 2.48. The molecule has 0 saturated heterocycles. The Balaban J connectivity index is 1.58. The van der Waals surface area contributed by atoms with Gasteiger partial charge in [-0.25, -0.2) is 17.6 Å². The van der Waals surface area contributed by atoms with Crippen molar-refractivity contribution in [1.29, 1.82) is 0 Å². The summed E-state index contributed by atoms with van der Waals surface area (Å²) in [4.78, 5) is 0. The van der Waals surface area contributed by atoms with Crippen LogP contribution >= 0.6 is 0 Å². The number of alkyl halides is 6. The van der Waals surface area contributed by atoms with Crippen molar-refractivity contribution in [2.45, 2.75) is 101 Å². The molecular formula is C19H28F6O. The summed E-state index contributed by atoms with van der Waals surface area (Å²) in [7, 11) is 0. The van der Waals surface area contributed by atoms with Gasteiger partial charge < -0.3 is 4.74 Å². The largest absolute Gasteiger partial charge is 0.364 e. The van der Waals surface area contributed by atoms with E-state index in [0.717, 1.165) is 0 Å². The van der Waals surface area contributed by atoms with Gasteiger partial charge in [-0.1, -0.05) is 0 Å². The van der Waals surface area contributed by atoms with E-state index in [2.05, 4.69) is 0 Å². The third-order valence-corrected chi connectivity index (χ3v) is 6.52. The van der Waals surface area contributed by atoms with Gasteiger partial charge in [-0.15, -0.1) is 0 Å². The number of ether oxygens (including phenoxy) is 1. The topological polar surface area (TPSA) is 9.23 Å². The van der Waals surface area contributed by atoms with Gasteiger partial charge >= 0.3 is 6.11 Å². The summed E-state index contributed by atoms with van der Waals surface area (Å²) in [6.45, 7) is 0. The van der Waals surface area contributed by atoms with Crippen molar-refractivity contribution in [2.24, 2.45) is 17.8 Å². The van der Waals surface area contributed by atoms with Crippen LogP contribution in [0.5, 0.6) is 0 Å². The van der Waals surface area contributed by atoms with Crippen LogP contribution < -0.4 is 0 Å². The van der Waals surface area contributed by atoms with Crippen LogP contribution in [0.2, 0.25) is 0 Å². The Kier molecular flexibility index (Phi) is 6.45. The molecule has 7 heteroatoms. The summed E-state index contributed by atoms with van der Waals surface area (Å²) < 4.78 is 89.2. The van der Waals surface area contributed by atoms with Gasteiger partial charge in [0.2, 0.25) is 0 Å². The molecule has 2 unspecified atom stereocenters. The summed E-state index contributed by atoms with van der Waals surface area (Å²) in [5.74, 6) is -2.42. The molecule has 0 aromatic carbocycles. The van der Waals surface area contributed by atoms with E-state index in [9.17, 15) is 26.3 Å². The van der Waals surface area contributed by atoms with E-state index in [4.69, 9.17) is 4.74 Å². The first kappa shape index (κ1) is 20.3. The highest BCUT2D eigenvalue weighted by atomic mass is 19.3. The lowest BCUT2D eigenvalue weighted by Gasteiger charge is -2.42. The molecule has 3 fully saturated rings. The summed E-state index contributed by atoms with van der Waals surface area (Å²) in [6.07, 6.45) is -8.37. The highest BCUT2D eigenvalue weighted by molar-refractivity contribution is 4.94. The lowest BCUT2D eigenvalue weighted by molar-refractivity contribution is -0.320. The van der Waals surface area contributed by atoms with E-state index in [1.807, 2.05) is 0 Å². The van der Waals surface area contributed by atoms with Crippen molar-refractivity contribution in [3.8, 4) is 0 Å². The van der Waals surface area contributed by atoms with E-state index in [0.29, 0.717) is 25.7 Å². The Labute approximate surface area is 150 Å². The fourth-order valence-corrected chi connectivity index (χ4v) is 4.99. The van der Waals surface area contributed by atoms with Crippen LogP contribution in [-0.4, -0.2) is 36.9 Å². The number of rotatable bonds is 4. The molecule has 26 heavy (non-hydrogen) atoms. The maximum absolute atomic E-state index is 14.6. The molecule has 3 rings (SSSR count). The normalized spacial score (nSPS) is 45.5. The summed E-state index contributed by atoms with van der Waals surface area (Å²) in [5, 5.41) is 0. The molecule has 0 aliphatic heterocycles. The maximum Gasteiger partial charge on any atom is 0.364 e. The molecule has 0 bridgehead atoms. The summed E-state index contributed by atoms with van der Waals surface area (Å²) in [5.41, 5.74) is 0. The number of halogens is 6. The fraction of sp³-hybridized carbons (Fsp3) is 1.00. The third-order valence-electron chi connectivity index (χ3n) is 6.52. The van der Waals surface area contributed by atoms with Crippen molar-refractivity contribution in [3.05, 3.63) is 0 Å². The quantitative estimate of drug-likeness (QED) is 0.530. The van der Waals surface area contributed by atoms with Gasteiger partial charge in [0.05, 0.1) is 6.10 Å². The Morgan fingerprint density at radius 3 is 1.58 bits per heavy atom. The minimum absolute atomic E-state index is 0.00817. The van der Waals surface area contributed by atoms with E-state index in [1.165, 1.54) is 0 Å². The van der Waals surface area contributed by atoms with E-state index < -0.39 is 42.8 Å². The Bertz CT molecular complexity index is 433. The van der Waals surface area contributed by atoms with Gasteiger partial charge in [0.15, 0.2) is 0 Å². The molecule has 152 valence electrons. The third kappa shape index (κ3) is 4.68. The van der Waals surface area contributed by atoms with Crippen LogP contribution in [0.15, 0.2) is 0 Å². The molecule has 3 aliphatic carbocycles. The molecule has 0 N–H and O–H groups in total. The van der Waals surface area contributed by atoms with Crippen LogP contribution in [-0.2, 0) is 4.74 Å². The number of hydrogen-bond acceptors (Lipinski definition) is 1. The van der Waals surface area contributed by atoms with E-state index in [-0.39, 0.29) is 50.4 Å². The average molecular weight is 386 g/mol. The van der Waals surface area contributed by atoms with Crippen LogP contribution in [0.4, 0.5) is 26.3 Å². The lowest BCUT2D eigenvalue weighted by atomic mass is 9.69. The van der Waals surface area contributed by atoms with Gasteiger partial charge in [-0.05, 0) is 76.0 Å². The zero-order valence-electron chi connectivity index (χ0n) is 14.9. The van der Waals surface area contributed by atoms with Crippen molar-refractivity contribution in [1.82, 2.24) is 0 Å². The van der Waals surface area contributed by atoms with Crippen molar-refractivity contribution in [2.75, 3.05) is 0 Å². The SMILES string of the molecule is FC1CCC(OC(F)(F)C2C(F)CC(C3CCC(F)CC3)CC2F)CC1. The van der Waals surface area contributed by atoms with Crippen LogP contribution in [0.25, 0.3) is 0 Å². The van der Waals surface area contributed by atoms with E-state index >= 15 is 0 Å². The maximum atomic E-state index is 14.6. The van der Waals surface area contributed by atoms with Crippen molar-refractivity contribution >= 4 is 0 Å². The minimum Gasteiger partial charge on any atom is -0.317 e. The van der Waals surface area contributed by atoms with Crippen molar-refractivity contribution in [3.63, 3.8) is 0 Å². The molecule has 3 aliphatic rings. The first-order valence-corrected chi connectivity index (χ1v) is 9.88. The fourth-order valence-electron chi connectivity index (χ4n) is 4.99. The van der Waals surface area contributed by atoms with Gasteiger partial charge in [-0.3, -0.25) is 0 Å². The molecule has 0 spiro atoms. The zero-order valence-corrected chi connectivity index (χ0v) is 14.9. The van der Waals surface area contributed by atoms with Gasteiger partial charge in [-0.2, -0.15) is 8.78 Å². The highest BCUT2D eigenvalue weighted by Gasteiger charge is 2.56. The molecule has 0 aromatic heterocycles. The molecule has 3 saturated carbocycles. The standard InChI is InChI=1S/C19H28F6O/c20-13-3-1-11(2-4-13)12-9-16(22)18(17(23)10-12)19(24,25)26-15-7-5-14(21)6-8-15/h11-18H,1-10H2. The molecule has 1 nitrogen and oxygen atoms in total. The van der Waals surface area contributed by atoms with Gasteiger partial charge in [0.25, 0.3) is 0 Å². The first-order chi connectivity index (χ1) is 12.3. The second kappa shape index (κ2) is 8.27. The Morgan fingerprint density at radius 1 is 0.615 bits per heavy atom. The van der Waals surface area contributed by atoms with Crippen LogP contribution in [0.3, 0.4) is 0 Å². The molecule has 0 heterocycles. The minimum atomic E-state index is -3.89. The predicted molar refractivity (Wildman–Crippen MR) is 86.0 cm³/mol. The molecule has 0 amide bonds. The monoisotopic (exact) mass is 386 g/mol. The number of hydrogen-bond donors (Lipinski definition) is 0.